The first-order valence-electron chi connectivity index (χ1n) is 7.42. The summed E-state index contributed by atoms with van der Waals surface area (Å²) >= 11 is 0. The molecule has 24 heavy (non-hydrogen) atoms. The normalized spacial score (nSPS) is 10.9. The van der Waals surface area contributed by atoms with Gasteiger partial charge in [0, 0.05) is 12.1 Å². The molecule has 0 bridgehead atoms. The molecule has 0 saturated heterocycles. The van der Waals surface area contributed by atoms with Crippen LogP contribution in [0.2, 0.25) is 0 Å². The number of carbonyl (C=O) groups is 1. The standard InChI is InChI=1S/C18H20N2O3S/c1-3-13-20(24(2,22)23)17-11-9-16(10-12-17)18(21)19-14-15-7-5-4-6-8-15/h3-12H,1,13-14H2,2H3,(H,19,21). The molecule has 6 heteroatoms. The molecule has 2 aromatic rings. The summed E-state index contributed by atoms with van der Waals surface area (Å²) in [5, 5.41) is 2.83. The predicted molar refractivity (Wildman–Crippen MR) is 96.4 cm³/mol. The van der Waals surface area contributed by atoms with Crippen LogP contribution in [0.15, 0.2) is 67.3 Å². The van der Waals surface area contributed by atoms with E-state index >= 15 is 0 Å². The van der Waals surface area contributed by atoms with Crippen LogP contribution in [0, 0.1) is 0 Å². The molecule has 5 nitrogen and oxygen atoms in total. The monoisotopic (exact) mass is 344 g/mol. The Morgan fingerprint density at radius 1 is 1.12 bits per heavy atom. The molecule has 0 saturated carbocycles. The van der Waals surface area contributed by atoms with Crippen molar-refractivity contribution in [2.45, 2.75) is 6.54 Å². The molecule has 1 amide bonds. The van der Waals surface area contributed by atoms with Gasteiger partial charge in [0.15, 0.2) is 0 Å². The van der Waals surface area contributed by atoms with E-state index in [4.69, 9.17) is 0 Å². The van der Waals surface area contributed by atoms with Crippen LogP contribution in [0.4, 0.5) is 5.69 Å². The summed E-state index contributed by atoms with van der Waals surface area (Å²) in [5.41, 5.74) is 1.98. The molecule has 126 valence electrons. The fraction of sp³-hybridized carbons (Fsp3) is 0.167. The lowest BCUT2D eigenvalue weighted by Gasteiger charge is -2.20. The first-order chi connectivity index (χ1) is 11.4. The molecule has 0 aliphatic heterocycles. The first kappa shape index (κ1) is 17.7. The topological polar surface area (TPSA) is 66.5 Å². The van der Waals surface area contributed by atoms with Gasteiger partial charge in [-0.25, -0.2) is 8.42 Å². The molecule has 0 atom stereocenters. The second-order valence-corrected chi connectivity index (χ2v) is 7.20. The van der Waals surface area contributed by atoms with Gasteiger partial charge in [0.1, 0.15) is 0 Å². The molecule has 2 aromatic carbocycles. The van der Waals surface area contributed by atoms with Gasteiger partial charge in [-0.1, -0.05) is 36.4 Å². The SMILES string of the molecule is C=CCN(c1ccc(C(=O)NCc2ccccc2)cc1)S(C)(=O)=O. The summed E-state index contributed by atoms with van der Waals surface area (Å²) in [4.78, 5) is 12.2. The third kappa shape index (κ3) is 4.70. The summed E-state index contributed by atoms with van der Waals surface area (Å²) in [6.07, 6.45) is 2.65. The fourth-order valence-electron chi connectivity index (χ4n) is 2.21. The van der Waals surface area contributed by atoms with Crippen molar-refractivity contribution >= 4 is 21.6 Å². The highest BCUT2D eigenvalue weighted by Gasteiger charge is 2.16. The smallest absolute Gasteiger partial charge is 0.251 e. The summed E-state index contributed by atoms with van der Waals surface area (Å²) < 4.78 is 24.8. The average molecular weight is 344 g/mol. The van der Waals surface area contributed by atoms with Crippen molar-refractivity contribution in [3.05, 3.63) is 78.4 Å². The number of nitrogens with one attached hydrogen (secondary N) is 1. The molecule has 0 aliphatic rings. The van der Waals surface area contributed by atoms with Crippen molar-refractivity contribution in [2.75, 3.05) is 17.1 Å². The van der Waals surface area contributed by atoms with Crippen molar-refractivity contribution in [3.8, 4) is 0 Å². The van der Waals surface area contributed by atoms with Crippen LogP contribution in [0.3, 0.4) is 0 Å². The highest BCUT2D eigenvalue weighted by atomic mass is 32.2. The lowest BCUT2D eigenvalue weighted by molar-refractivity contribution is 0.0951. The number of hydrogen-bond donors (Lipinski definition) is 1. The molecular weight excluding hydrogens is 324 g/mol. The van der Waals surface area contributed by atoms with E-state index in [2.05, 4.69) is 11.9 Å². The Labute approximate surface area is 142 Å². The van der Waals surface area contributed by atoms with Gasteiger partial charge in [-0.15, -0.1) is 6.58 Å². The lowest BCUT2D eigenvalue weighted by Crippen LogP contribution is -2.30. The molecular formula is C18H20N2O3S. The van der Waals surface area contributed by atoms with E-state index in [1.54, 1.807) is 24.3 Å². The van der Waals surface area contributed by atoms with Crippen molar-refractivity contribution in [2.24, 2.45) is 0 Å². The molecule has 0 spiro atoms. The van der Waals surface area contributed by atoms with Crippen LogP contribution >= 0.6 is 0 Å². The number of hydrogen-bond acceptors (Lipinski definition) is 3. The Hall–Kier alpha value is -2.60. The van der Waals surface area contributed by atoms with E-state index in [0.717, 1.165) is 11.8 Å². The summed E-state index contributed by atoms with van der Waals surface area (Å²) in [6.45, 7) is 4.18. The molecule has 0 heterocycles. The lowest BCUT2D eigenvalue weighted by atomic mass is 10.1. The molecule has 0 aliphatic carbocycles. The highest BCUT2D eigenvalue weighted by Crippen LogP contribution is 2.18. The molecule has 0 radical (unpaired) electrons. The number of rotatable bonds is 7. The van der Waals surface area contributed by atoms with Crippen molar-refractivity contribution < 1.29 is 13.2 Å². The van der Waals surface area contributed by atoms with Crippen LogP contribution in [0.25, 0.3) is 0 Å². The van der Waals surface area contributed by atoms with Crippen molar-refractivity contribution in [3.63, 3.8) is 0 Å². The maximum atomic E-state index is 12.2. The van der Waals surface area contributed by atoms with E-state index in [0.29, 0.717) is 17.8 Å². The summed E-state index contributed by atoms with van der Waals surface area (Å²) in [5.74, 6) is -0.208. The number of amides is 1. The number of carbonyl (C=O) groups excluding carboxylic acids is 1. The van der Waals surface area contributed by atoms with Gasteiger partial charge >= 0.3 is 0 Å². The second-order valence-electron chi connectivity index (χ2n) is 5.30. The zero-order chi connectivity index (χ0) is 17.6. The number of anilines is 1. The minimum atomic E-state index is -3.40. The summed E-state index contributed by atoms with van der Waals surface area (Å²) in [6, 6.07) is 16.1. The van der Waals surface area contributed by atoms with Crippen LogP contribution in [-0.2, 0) is 16.6 Å². The van der Waals surface area contributed by atoms with Gasteiger partial charge in [-0.05, 0) is 29.8 Å². The maximum absolute atomic E-state index is 12.2. The van der Waals surface area contributed by atoms with E-state index in [9.17, 15) is 13.2 Å². The first-order valence-corrected chi connectivity index (χ1v) is 9.27. The molecule has 0 unspecified atom stereocenters. The van der Waals surface area contributed by atoms with Crippen molar-refractivity contribution in [1.82, 2.24) is 5.32 Å². The molecule has 0 aromatic heterocycles. The maximum Gasteiger partial charge on any atom is 0.251 e. The van der Waals surface area contributed by atoms with E-state index in [-0.39, 0.29) is 12.5 Å². The molecule has 1 N–H and O–H groups in total. The Kier molecular flexibility index (Phi) is 5.76. The van der Waals surface area contributed by atoms with E-state index in [1.165, 1.54) is 10.4 Å². The van der Waals surface area contributed by atoms with Crippen LogP contribution in [0.5, 0.6) is 0 Å². The van der Waals surface area contributed by atoms with E-state index in [1.807, 2.05) is 30.3 Å². The molecule has 0 fully saturated rings. The summed E-state index contributed by atoms with van der Waals surface area (Å²) in [7, 11) is -3.40. The van der Waals surface area contributed by atoms with Gasteiger partial charge in [0.25, 0.3) is 5.91 Å². The van der Waals surface area contributed by atoms with Gasteiger partial charge in [0.05, 0.1) is 18.5 Å². The highest BCUT2D eigenvalue weighted by molar-refractivity contribution is 7.92. The van der Waals surface area contributed by atoms with Gasteiger partial charge in [0.2, 0.25) is 10.0 Å². The fourth-order valence-corrected chi connectivity index (χ4v) is 3.09. The van der Waals surface area contributed by atoms with Crippen LogP contribution in [0.1, 0.15) is 15.9 Å². The zero-order valence-corrected chi connectivity index (χ0v) is 14.3. The second kappa shape index (κ2) is 7.79. The Bertz CT molecular complexity index is 800. The largest absolute Gasteiger partial charge is 0.348 e. The quantitative estimate of drug-likeness (QED) is 0.785. The Morgan fingerprint density at radius 3 is 2.29 bits per heavy atom. The van der Waals surface area contributed by atoms with Crippen molar-refractivity contribution in [1.29, 1.82) is 0 Å². The van der Waals surface area contributed by atoms with Gasteiger partial charge in [-0.3, -0.25) is 9.10 Å². The Morgan fingerprint density at radius 2 is 1.75 bits per heavy atom. The minimum Gasteiger partial charge on any atom is -0.348 e. The number of sulfonamides is 1. The van der Waals surface area contributed by atoms with Gasteiger partial charge in [-0.2, -0.15) is 0 Å². The predicted octanol–water partition coefficient (Wildman–Crippen LogP) is 2.57. The van der Waals surface area contributed by atoms with Gasteiger partial charge < -0.3 is 5.32 Å². The number of benzene rings is 2. The Balaban J connectivity index is 2.08. The third-order valence-corrected chi connectivity index (χ3v) is 4.57. The minimum absolute atomic E-state index is 0.179. The average Bonchev–Trinajstić information content (AvgIpc) is 2.57. The molecule has 2 rings (SSSR count). The zero-order valence-electron chi connectivity index (χ0n) is 13.5. The third-order valence-electron chi connectivity index (χ3n) is 3.41. The van der Waals surface area contributed by atoms with Crippen LogP contribution in [-0.4, -0.2) is 27.1 Å². The number of nitrogens with zero attached hydrogens (tertiary/aromatic N) is 1. The van der Waals surface area contributed by atoms with Crippen LogP contribution < -0.4 is 9.62 Å². The van der Waals surface area contributed by atoms with E-state index < -0.39 is 10.0 Å².